The molecule has 2 aromatic rings. The first-order valence-corrected chi connectivity index (χ1v) is 13.0. The number of anilines is 2. The molecule has 2 rings (SSSR count). The van der Waals surface area contributed by atoms with E-state index >= 15 is 0 Å². The fraction of sp³-hybridized carbons (Fsp3) is 0.538. The molecule has 39 heavy (non-hydrogen) atoms. The van der Waals surface area contributed by atoms with Gasteiger partial charge in [0.25, 0.3) is 11.4 Å². The average molecular weight is 576 g/mol. The number of nitro benzene ring substituents is 2. The van der Waals surface area contributed by atoms with Gasteiger partial charge >= 0.3 is 6.18 Å². The highest BCUT2D eigenvalue weighted by atomic mass is 35.5. The van der Waals surface area contributed by atoms with E-state index in [-0.39, 0.29) is 5.69 Å². The van der Waals surface area contributed by atoms with Crippen LogP contribution in [0, 0.1) is 20.2 Å². The lowest BCUT2D eigenvalue weighted by Crippen LogP contribution is -2.28. The molecule has 0 amide bonds. The van der Waals surface area contributed by atoms with Crippen molar-refractivity contribution in [1.29, 1.82) is 0 Å². The Labute approximate surface area is 232 Å². The molecule has 0 saturated heterocycles. The molecule has 218 valence electrons. The van der Waals surface area contributed by atoms with Gasteiger partial charge in [-0.2, -0.15) is 13.2 Å². The van der Waals surface area contributed by atoms with Crippen molar-refractivity contribution in [3.8, 4) is 0 Å². The molecule has 0 saturated carbocycles. The Kier molecular flexibility index (Phi) is 14.0. The Morgan fingerprint density at radius 2 is 1.44 bits per heavy atom. The first-order valence-electron chi connectivity index (χ1n) is 12.6. The van der Waals surface area contributed by atoms with Gasteiger partial charge in [0.05, 0.1) is 20.6 Å². The number of likely N-dealkylation sites (N-methyl/N-ethyl adjacent to an activating group) is 2. The highest BCUT2D eigenvalue weighted by molar-refractivity contribution is 6.33. The quantitative estimate of drug-likeness (QED) is 0.183. The van der Waals surface area contributed by atoms with Gasteiger partial charge in [-0.05, 0) is 45.1 Å². The molecule has 0 atom stereocenters. The van der Waals surface area contributed by atoms with E-state index in [4.69, 9.17) is 11.6 Å². The Hall–Kier alpha value is -3.12. The van der Waals surface area contributed by atoms with Crippen molar-refractivity contribution in [3.05, 3.63) is 67.2 Å². The first-order chi connectivity index (χ1) is 18.2. The van der Waals surface area contributed by atoms with Crippen LogP contribution in [0.2, 0.25) is 5.02 Å². The molecule has 0 aliphatic rings. The number of halogens is 4. The Morgan fingerprint density at radius 3 is 1.87 bits per heavy atom. The molecular formula is C26H37ClF3N5O4. The third kappa shape index (κ3) is 11.3. The second-order valence-electron chi connectivity index (χ2n) is 9.27. The largest absolute Gasteiger partial charge is 0.423 e. The van der Waals surface area contributed by atoms with Crippen molar-refractivity contribution in [2.75, 3.05) is 57.1 Å². The van der Waals surface area contributed by atoms with Crippen LogP contribution in [0.5, 0.6) is 0 Å². The van der Waals surface area contributed by atoms with Crippen LogP contribution >= 0.6 is 11.6 Å². The summed E-state index contributed by atoms with van der Waals surface area (Å²) in [4.78, 5) is 25.8. The zero-order valence-corrected chi connectivity index (χ0v) is 23.8. The van der Waals surface area contributed by atoms with E-state index in [0.717, 1.165) is 56.6 Å². The Morgan fingerprint density at radius 1 is 0.846 bits per heavy atom. The van der Waals surface area contributed by atoms with E-state index in [9.17, 15) is 33.4 Å². The van der Waals surface area contributed by atoms with Gasteiger partial charge in [0.15, 0.2) is 0 Å². The number of non-ortho nitro benzene ring substituents is 1. The Balaban J connectivity index is 0.000000403. The highest BCUT2D eigenvalue weighted by Crippen LogP contribution is 2.38. The fourth-order valence-electron chi connectivity index (χ4n) is 3.56. The van der Waals surface area contributed by atoms with E-state index in [1.54, 1.807) is 6.07 Å². The molecule has 0 unspecified atom stereocenters. The number of nitro groups is 2. The number of rotatable bonds is 13. The molecule has 0 heterocycles. The van der Waals surface area contributed by atoms with Gasteiger partial charge in [0.1, 0.15) is 5.56 Å². The second kappa shape index (κ2) is 16.1. The van der Waals surface area contributed by atoms with E-state index in [1.807, 2.05) is 44.8 Å². The summed E-state index contributed by atoms with van der Waals surface area (Å²) in [5, 5.41) is 21.8. The molecular weight excluding hydrogens is 539 g/mol. The number of hydrogen-bond acceptors (Lipinski definition) is 7. The number of alkyl halides is 3. The normalized spacial score (nSPS) is 11.1. The summed E-state index contributed by atoms with van der Waals surface area (Å²) in [6.45, 7) is 7.01. The van der Waals surface area contributed by atoms with Gasteiger partial charge in [-0.1, -0.05) is 38.3 Å². The van der Waals surface area contributed by atoms with Crippen molar-refractivity contribution in [3.63, 3.8) is 0 Å². The predicted molar refractivity (Wildman–Crippen MR) is 150 cm³/mol. The monoisotopic (exact) mass is 575 g/mol. The summed E-state index contributed by atoms with van der Waals surface area (Å²) in [6, 6.07) is 7.76. The van der Waals surface area contributed by atoms with E-state index in [0.29, 0.717) is 23.8 Å². The van der Waals surface area contributed by atoms with Crippen molar-refractivity contribution < 1.29 is 23.0 Å². The van der Waals surface area contributed by atoms with E-state index < -0.39 is 27.3 Å². The molecule has 0 aromatic heterocycles. The maximum absolute atomic E-state index is 13.0. The van der Waals surface area contributed by atoms with Crippen LogP contribution in [0.4, 0.5) is 35.9 Å². The van der Waals surface area contributed by atoms with Gasteiger partial charge in [-0.3, -0.25) is 20.2 Å². The summed E-state index contributed by atoms with van der Waals surface area (Å²) < 4.78 is 39.1. The minimum absolute atomic E-state index is 0.0137. The van der Waals surface area contributed by atoms with Gasteiger partial charge in [-0.25, -0.2) is 0 Å². The third-order valence-electron chi connectivity index (χ3n) is 5.85. The SMILES string of the molecule is CCCCN(CCCC)c1ccc([N+](=O)[O-])c(C(F)(F)F)c1.CN(C)CCN(C)c1ccc([N+](=O)[O-])cc1Cl. The summed E-state index contributed by atoms with van der Waals surface area (Å²) >= 11 is 6.02. The summed E-state index contributed by atoms with van der Waals surface area (Å²) in [5.74, 6) is 0. The molecule has 0 radical (unpaired) electrons. The lowest BCUT2D eigenvalue weighted by molar-refractivity contribution is -0.388. The van der Waals surface area contributed by atoms with Crippen molar-refractivity contribution in [1.82, 2.24) is 4.90 Å². The van der Waals surface area contributed by atoms with Crippen molar-refractivity contribution >= 4 is 34.4 Å². The number of nitrogens with zero attached hydrogens (tertiary/aromatic N) is 5. The number of hydrogen-bond donors (Lipinski definition) is 0. The molecule has 9 nitrogen and oxygen atoms in total. The molecule has 0 aliphatic heterocycles. The minimum Gasteiger partial charge on any atom is -0.372 e. The van der Waals surface area contributed by atoms with Crippen LogP contribution < -0.4 is 9.80 Å². The summed E-state index contributed by atoms with van der Waals surface area (Å²) in [6.07, 6.45) is -1.15. The molecule has 0 N–H and O–H groups in total. The summed E-state index contributed by atoms with van der Waals surface area (Å²) in [7, 11) is 5.90. The topological polar surface area (TPSA) is 96.0 Å². The second-order valence-corrected chi connectivity index (χ2v) is 9.68. The lowest BCUT2D eigenvalue weighted by atomic mass is 10.1. The first kappa shape index (κ1) is 33.9. The lowest BCUT2D eigenvalue weighted by Gasteiger charge is -2.25. The predicted octanol–water partition coefficient (Wildman–Crippen LogP) is 7.27. The third-order valence-corrected chi connectivity index (χ3v) is 6.15. The minimum atomic E-state index is -4.74. The van der Waals surface area contributed by atoms with Crippen LogP contribution in [0.1, 0.15) is 45.1 Å². The smallest absolute Gasteiger partial charge is 0.372 e. The number of unbranched alkanes of at least 4 members (excludes halogenated alkanes) is 2. The molecule has 0 bridgehead atoms. The molecule has 13 heteroatoms. The van der Waals surface area contributed by atoms with Gasteiger partial charge < -0.3 is 14.7 Å². The highest BCUT2D eigenvalue weighted by Gasteiger charge is 2.38. The van der Waals surface area contributed by atoms with Crippen LogP contribution in [0.25, 0.3) is 0 Å². The Bertz CT molecular complexity index is 1080. The van der Waals surface area contributed by atoms with Crippen LogP contribution in [-0.4, -0.2) is 62.1 Å². The number of benzene rings is 2. The molecule has 0 aliphatic carbocycles. The average Bonchev–Trinajstić information content (AvgIpc) is 2.86. The van der Waals surface area contributed by atoms with Crippen molar-refractivity contribution in [2.45, 2.75) is 45.7 Å². The van der Waals surface area contributed by atoms with Crippen molar-refractivity contribution in [2.24, 2.45) is 0 Å². The zero-order chi connectivity index (χ0) is 29.8. The van der Waals surface area contributed by atoms with Gasteiger partial charge in [0.2, 0.25) is 0 Å². The maximum atomic E-state index is 13.0. The molecule has 0 fully saturated rings. The van der Waals surface area contributed by atoms with Crippen LogP contribution in [0.15, 0.2) is 36.4 Å². The maximum Gasteiger partial charge on any atom is 0.423 e. The van der Waals surface area contributed by atoms with E-state index in [2.05, 4.69) is 4.90 Å². The van der Waals surface area contributed by atoms with E-state index in [1.165, 1.54) is 18.2 Å². The van der Waals surface area contributed by atoms with Gasteiger partial charge in [0, 0.05) is 57.1 Å². The molecule has 2 aromatic carbocycles. The molecule has 0 spiro atoms. The summed E-state index contributed by atoms with van der Waals surface area (Å²) in [5.41, 5.74) is -0.881. The zero-order valence-electron chi connectivity index (χ0n) is 23.0. The van der Waals surface area contributed by atoms with Gasteiger partial charge in [-0.15, -0.1) is 0 Å². The van der Waals surface area contributed by atoms with Crippen LogP contribution in [-0.2, 0) is 6.18 Å². The standard InChI is InChI=1S/C15H21F3N2O2.C11H16ClN3O2/c1-3-5-9-19(10-6-4-2)12-7-8-14(20(21)22)13(11-12)15(16,17)18;1-13(2)6-7-14(3)11-5-4-9(15(16)17)8-10(11)12/h7-8,11H,3-6,9-10H2,1-2H3;4-5,8H,6-7H2,1-3H3. The van der Waals surface area contributed by atoms with Crippen LogP contribution in [0.3, 0.4) is 0 Å². The fourth-order valence-corrected chi connectivity index (χ4v) is 3.88.